The van der Waals surface area contributed by atoms with Crippen molar-refractivity contribution in [2.24, 2.45) is 0 Å². The minimum Gasteiger partial charge on any atom is -0.339 e. The Morgan fingerprint density at radius 2 is 1.69 bits per heavy atom. The van der Waals surface area contributed by atoms with Crippen molar-refractivity contribution in [3.05, 3.63) is 35.9 Å². The topological polar surface area (TPSA) is 96.8 Å². The fourth-order valence-electron chi connectivity index (χ4n) is 3.77. The van der Waals surface area contributed by atoms with E-state index in [1.54, 1.807) is 26.8 Å². The predicted octanol–water partition coefficient (Wildman–Crippen LogP) is 0.465. The zero-order chi connectivity index (χ0) is 20.6. The number of likely N-dealkylation sites (tertiary alicyclic amines) is 1. The first-order valence-corrected chi connectivity index (χ1v) is 10.1. The number of benzene rings is 1. The fourth-order valence-corrected chi connectivity index (χ4v) is 3.77. The first-order chi connectivity index (χ1) is 14.1. The molecule has 3 rings (SSSR count). The average Bonchev–Trinajstić information content (AvgIpc) is 3.25. The number of piperazine rings is 1. The summed E-state index contributed by atoms with van der Waals surface area (Å²) in [5.74, 6) is -0.0714. The minimum atomic E-state index is -0.319. The molecule has 154 valence electrons. The summed E-state index contributed by atoms with van der Waals surface area (Å²) in [7, 11) is 0. The molecule has 1 aromatic rings. The molecule has 2 aliphatic heterocycles. The van der Waals surface area contributed by atoms with Crippen LogP contribution in [0.5, 0.6) is 0 Å². The SMILES string of the molecule is N#C[C@@H]1CCCN1C(=O)CNCCC(=O)N1CCN(C(=O)c2ccccc2)CC1. The van der Waals surface area contributed by atoms with E-state index in [1.807, 2.05) is 18.2 Å². The van der Waals surface area contributed by atoms with Crippen molar-refractivity contribution >= 4 is 17.7 Å². The second-order valence-electron chi connectivity index (χ2n) is 7.34. The average molecular weight is 397 g/mol. The molecule has 0 radical (unpaired) electrons. The van der Waals surface area contributed by atoms with E-state index in [2.05, 4.69) is 11.4 Å². The van der Waals surface area contributed by atoms with Gasteiger partial charge in [0, 0.05) is 51.3 Å². The lowest BCUT2D eigenvalue weighted by molar-refractivity contribution is -0.133. The molecule has 1 atom stereocenters. The Bertz CT molecular complexity index is 768. The summed E-state index contributed by atoms with van der Waals surface area (Å²) in [5, 5.41) is 12.1. The van der Waals surface area contributed by atoms with Gasteiger partial charge in [-0.2, -0.15) is 5.26 Å². The van der Waals surface area contributed by atoms with E-state index in [0.717, 1.165) is 12.8 Å². The van der Waals surface area contributed by atoms with Crippen LogP contribution >= 0.6 is 0 Å². The van der Waals surface area contributed by atoms with Crippen molar-refractivity contribution in [3.63, 3.8) is 0 Å². The third-order valence-electron chi connectivity index (χ3n) is 5.45. The summed E-state index contributed by atoms with van der Waals surface area (Å²) >= 11 is 0. The zero-order valence-electron chi connectivity index (χ0n) is 16.5. The molecule has 8 nitrogen and oxygen atoms in total. The molecular formula is C21H27N5O3. The Balaban J connectivity index is 1.34. The van der Waals surface area contributed by atoms with E-state index in [1.165, 1.54) is 0 Å². The highest BCUT2D eigenvalue weighted by atomic mass is 16.2. The number of carbonyl (C=O) groups excluding carboxylic acids is 3. The van der Waals surface area contributed by atoms with Gasteiger partial charge in [0.2, 0.25) is 11.8 Å². The molecule has 8 heteroatoms. The third-order valence-corrected chi connectivity index (χ3v) is 5.45. The maximum atomic E-state index is 12.5. The number of hydrogen-bond acceptors (Lipinski definition) is 5. The smallest absolute Gasteiger partial charge is 0.253 e. The fraction of sp³-hybridized carbons (Fsp3) is 0.524. The number of hydrogen-bond donors (Lipinski definition) is 1. The number of nitriles is 1. The van der Waals surface area contributed by atoms with Gasteiger partial charge < -0.3 is 20.0 Å². The number of nitrogens with zero attached hydrogens (tertiary/aromatic N) is 4. The van der Waals surface area contributed by atoms with Crippen LogP contribution in [-0.2, 0) is 9.59 Å². The Morgan fingerprint density at radius 3 is 2.38 bits per heavy atom. The van der Waals surface area contributed by atoms with Crippen LogP contribution in [0.3, 0.4) is 0 Å². The Hall–Kier alpha value is -2.92. The van der Waals surface area contributed by atoms with Gasteiger partial charge in [-0.05, 0) is 25.0 Å². The van der Waals surface area contributed by atoms with E-state index < -0.39 is 0 Å². The maximum Gasteiger partial charge on any atom is 0.253 e. The second kappa shape index (κ2) is 10.0. The van der Waals surface area contributed by atoms with Crippen molar-refractivity contribution in [1.82, 2.24) is 20.0 Å². The predicted molar refractivity (Wildman–Crippen MR) is 107 cm³/mol. The third kappa shape index (κ3) is 5.33. The first kappa shape index (κ1) is 20.8. The largest absolute Gasteiger partial charge is 0.339 e. The lowest BCUT2D eigenvalue weighted by Crippen LogP contribution is -2.51. The van der Waals surface area contributed by atoms with Gasteiger partial charge in [-0.25, -0.2) is 0 Å². The summed E-state index contributed by atoms with van der Waals surface area (Å²) in [6.45, 7) is 3.28. The summed E-state index contributed by atoms with van der Waals surface area (Å²) < 4.78 is 0. The van der Waals surface area contributed by atoms with Crippen molar-refractivity contribution in [2.45, 2.75) is 25.3 Å². The lowest BCUT2D eigenvalue weighted by atomic mass is 10.2. The molecule has 2 heterocycles. The van der Waals surface area contributed by atoms with Gasteiger partial charge in [-0.1, -0.05) is 18.2 Å². The van der Waals surface area contributed by atoms with Gasteiger partial charge in [0.05, 0.1) is 12.6 Å². The van der Waals surface area contributed by atoms with Crippen molar-refractivity contribution in [2.75, 3.05) is 45.8 Å². The van der Waals surface area contributed by atoms with Crippen LogP contribution in [0.25, 0.3) is 0 Å². The van der Waals surface area contributed by atoms with E-state index in [-0.39, 0.29) is 30.3 Å². The Labute approximate surface area is 171 Å². The molecule has 2 aliphatic rings. The number of nitrogens with one attached hydrogen (secondary N) is 1. The number of amides is 3. The highest BCUT2D eigenvalue weighted by Crippen LogP contribution is 2.16. The van der Waals surface area contributed by atoms with Gasteiger partial charge in [0.1, 0.15) is 6.04 Å². The van der Waals surface area contributed by atoms with E-state index in [9.17, 15) is 14.4 Å². The normalized spacial score (nSPS) is 19.1. The van der Waals surface area contributed by atoms with Crippen molar-refractivity contribution in [1.29, 1.82) is 5.26 Å². The monoisotopic (exact) mass is 397 g/mol. The molecule has 29 heavy (non-hydrogen) atoms. The molecule has 0 spiro atoms. The molecule has 3 amide bonds. The zero-order valence-corrected chi connectivity index (χ0v) is 16.5. The van der Waals surface area contributed by atoms with Gasteiger partial charge in [-0.15, -0.1) is 0 Å². The highest BCUT2D eigenvalue weighted by Gasteiger charge is 2.28. The van der Waals surface area contributed by atoms with Gasteiger partial charge in [0.15, 0.2) is 0 Å². The van der Waals surface area contributed by atoms with Crippen molar-refractivity contribution < 1.29 is 14.4 Å². The van der Waals surface area contributed by atoms with Crippen LogP contribution in [0.4, 0.5) is 0 Å². The lowest BCUT2D eigenvalue weighted by Gasteiger charge is -2.35. The quantitative estimate of drug-likeness (QED) is 0.704. The molecule has 1 N–H and O–H groups in total. The number of rotatable bonds is 6. The van der Waals surface area contributed by atoms with E-state index in [0.29, 0.717) is 51.3 Å². The molecule has 2 fully saturated rings. The minimum absolute atomic E-state index is 0.00420. The molecular weight excluding hydrogens is 370 g/mol. The summed E-state index contributed by atoms with van der Waals surface area (Å²) in [6, 6.07) is 11.0. The molecule has 1 aromatic carbocycles. The Morgan fingerprint density at radius 1 is 1.00 bits per heavy atom. The first-order valence-electron chi connectivity index (χ1n) is 10.1. The van der Waals surface area contributed by atoms with Crippen LogP contribution in [0, 0.1) is 11.3 Å². The van der Waals surface area contributed by atoms with Crippen LogP contribution in [0.15, 0.2) is 30.3 Å². The van der Waals surface area contributed by atoms with Crippen LogP contribution in [-0.4, -0.2) is 84.3 Å². The summed E-state index contributed by atoms with van der Waals surface area (Å²) in [5.41, 5.74) is 0.665. The molecule has 0 aromatic heterocycles. The van der Waals surface area contributed by atoms with E-state index in [4.69, 9.17) is 5.26 Å². The summed E-state index contributed by atoms with van der Waals surface area (Å²) in [6.07, 6.45) is 1.91. The second-order valence-corrected chi connectivity index (χ2v) is 7.34. The van der Waals surface area contributed by atoms with Crippen LogP contribution in [0.1, 0.15) is 29.6 Å². The maximum absolute atomic E-state index is 12.5. The highest BCUT2D eigenvalue weighted by molar-refractivity contribution is 5.94. The number of carbonyl (C=O) groups is 3. The Kier molecular flexibility index (Phi) is 7.19. The van der Waals surface area contributed by atoms with Crippen molar-refractivity contribution in [3.8, 4) is 6.07 Å². The van der Waals surface area contributed by atoms with Crippen LogP contribution in [0.2, 0.25) is 0 Å². The van der Waals surface area contributed by atoms with E-state index >= 15 is 0 Å². The molecule has 2 saturated heterocycles. The van der Waals surface area contributed by atoms with Gasteiger partial charge in [0.25, 0.3) is 5.91 Å². The summed E-state index contributed by atoms with van der Waals surface area (Å²) in [4.78, 5) is 42.2. The molecule has 0 unspecified atom stereocenters. The molecule has 0 aliphatic carbocycles. The molecule has 0 bridgehead atoms. The van der Waals surface area contributed by atoms with Gasteiger partial charge in [-0.3, -0.25) is 14.4 Å². The molecule has 0 saturated carbocycles. The van der Waals surface area contributed by atoms with Crippen LogP contribution < -0.4 is 5.32 Å². The standard InChI is InChI=1S/C21H27N5O3/c22-15-18-7-4-10-26(18)20(28)16-23-9-8-19(27)24-11-13-25(14-12-24)21(29)17-5-2-1-3-6-17/h1-3,5-6,18,23H,4,7-14,16H2/t18-/m0/s1. The van der Waals surface area contributed by atoms with Gasteiger partial charge >= 0.3 is 0 Å².